The van der Waals surface area contributed by atoms with E-state index in [2.05, 4.69) is 30.9 Å². The average molecular weight is 267 g/mol. The van der Waals surface area contributed by atoms with Gasteiger partial charge in [-0.2, -0.15) is 5.10 Å². The molecule has 1 aromatic rings. The summed E-state index contributed by atoms with van der Waals surface area (Å²) in [6, 6.07) is 0.271. The van der Waals surface area contributed by atoms with Crippen molar-refractivity contribution in [2.75, 3.05) is 6.61 Å². The van der Waals surface area contributed by atoms with Crippen molar-refractivity contribution >= 4 is 0 Å². The van der Waals surface area contributed by atoms with Crippen LogP contribution < -0.4 is 0 Å². The number of hydrogen-bond acceptors (Lipinski definition) is 4. The number of aromatic nitrogens is 3. The molecule has 0 saturated carbocycles. The highest BCUT2D eigenvalue weighted by Gasteiger charge is 2.36. The summed E-state index contributed by atoms with van der Waals surface area (Å²) < 4.78 is 7.60. The predicted molar refractivity (Wildman–Crippen MR) is 72.9 cm³/mol. The molecule has 0 radical (unpaired) electrons. The smallest absolute Gasteiger partial charge is 0.138 e. The molecule has 1 aliphatic rings. The molecule has 1 N–H and O–H groups in total. The summed E-state index contributed by atoms with van der Waals surface area (Å²) in [5.41, 5.74) is -0.697. The number of aliphatic hydroxyl groups is 1. The maximum atomic E-state index is 10.8. The Bertz CT molecular complexity index is 403. The van der Waals surface area contributed by atoms with Crippen LogP contribution in [0, 0.1) is 0 Å². The molecule has 19 heavy (non-hydrogen) atoms. The average Bonchev–Trinajstić information content (AvgIpc) is 2.77. The van der Waals surface area contributed by atoms with Crippen LogP contribution in [0.25, 0.3) is 0 Å². The third-order valence-electron chi connectivity index (χ3n) is 3.76. The Morgan fingerprint density at radius 1 is 1.58 bits per heavy atom. The molecule has 108 valence electrons. The van der Waals surface area contributed by atoms with Crippen molar-refractivity contribution in [2.24, 2.45) is 0 Å². The molecule has 1 aromatic heterocycles. The van der Waals surface area contributed by atoms with Crippen molar-refractivity contribution in [1.82, 2.24) is 14.8 Å². The molecule has 1 aliphatic heterocycles. The van der Waals surface area contributed by atoms with Gasteiger partial charge in [0.2, 0.25) is 0 Å². The minimum atomic E-state index is -0.697. The van der Waals surface area contributed by atoms with Crippen molar-refractivity contribution in [3.63, 3.8) is 0 Å². The zero-order valence-electron chi connectivity index (χ0n) is 12.2. The molecule has 2 rings (SSSR count). The minimum Gasteiger partial charge on any atom is -0.389 e. The van der Waals surface area contributed by atoms with Crippen molar-refractivity contribution in [3.8, 4) is 0 Å². The van der Waals surface area contributed by atoms with Crippen LogP contribution in [0.15, 0.2) is 6.33 Å². The summed E-state index contributed by atoms with van der Waals surface area (Å²) in [4.78, 5) is 4.30. The number of ether oxygens (including phenoxy) is 1. The standard InChI is InChI=1S/C14H25N3O2/c1-4-5-12-8-14(18,6-7-19-12)9-13-15-10-16-17(13)11(2)3/h10-12,18H,4-9H2,1-3H3. The molecule has 0 bridgehead atoms. The van der Waals surface area contributed by atoms with Gasteiger partial charge >= 0.3 is 0 Å². The molecule has 0 aromatic carbocycles. The van der Waals surface area contributed by atoms with E-state index in [0.29, 0.717) is 25.9 Å². The quantitative estimate of drug-likeness (QED) is 0.887. The Hall–Kier alpha value is -0.940. The number of rotatable bonds is 5. The van der Waals surface area contributed by atoms with Crippen LogP contribution in [0.3, 0.4) is 0 Å². The molecule has 1 saturated heterocycles. The molecule has 2 heterocycles. The van der Waals surface area contributed by atoms with Crippen molar-refractivity contribution in [1.29, 1.82) is 0 Å². The highest BCUT2D eigenvalue weighted by Crippen LogP contribution is 2.30. The third-order valence-corrected chi connectivity index (χ3v) is 3.76. The summed E-state index contributed by atoms with van der Waals surface area (Å²) in [5.74, 6) is 0.870. The van der Waals surface area contributed by atoms with Gasteiger partial charge in [0.15, 0.2) is 0 Å². The molecule has 5 heteroatoms. The SMILES string of the molecule is CCCC1CC(O)(Cc2ncnn2C(C)C)CCO1. The van der Waals surface area contributed by atoms with E-state index < -0.39 is 5.60 Å². The second kappa shape index (κ2) is 6.01. The van der Waals surface area contributed by atoms with Crippen molar-refractivity contribution in [2.45, 2.75) is 70.6 Å². The molecule has 2 unspecified atom stereocenters. The van der Waals surface area contributed by atoms with Crippen molar-refractivity contribution < 1.29 is 9.84 Å². The van der Waals surface area contributed by atoms with Gasteiger partial charge in [0.05, 0.1) is 11.7 Å². The van der Waals surface area contributed by atoms with E-state index in [4.69, 9.17) is 4.74 Å². The fourth-order valence-electron chi connectivity index (χ4n) is 2.79. The van der Waals surface area contributed by atoms with Gasteiger partial charge in [-0.15, -0.1) is 0 Å². The van der Waals surface area contributed by atoms with E-state index in [-0.39, 0.29) is 12.1 Å². The summed E-state index contributed by atoms with van der Waals surface area (Å²) in [6.45, 7) is 6.93. The molecule has 5 nitrogen and oxygen atoms in total. The predicted octanol–water partition coefficient (Wildman–Crippen LogP) is 2.11. The summed E-state index contributed by atoms with van der Waals surface area (Å²) >= 11 is 0. The van der Waals surface area contributed by atoms with Crippen LogP contribution in [0.4, 0.5) is 0 Å². The largest absolute Gasteiger partial charge is 0.389 e. The van der Waals surface area contributed by atoms with Gasteiger partial charge in [0.25, 0.3) is 0 Å². The van der Waals surface area contributed by atoms with Crippen LogP contribution in [-0.2, 0) is 11.2 Å². The molecular formula is C14H25N3O2. The summed E-state index contributed by atoms with van der Waals surface area (Å²) in [7, 11) is 0. The lowest BCUT2D eigenvalue weighted by Gasteiger charge is -2.36. The zero-order valence-corrected chi connectivity index (χ0v) is 12.2. The highest BCUT2D eigenvalue weighted by molar-refractivity contribution is 4.98. The molecule has 0 spiro atoms. The monoisotopic (exact) mass is 267 g/mol. The van der Waals surface area contributed by atoms with E-state index in [1.165, 1.54) is 0 Å². The minimum absolute atomic E-state index is 0.180. The Kier molecular flexibility index (Phi) is 4.58. The fraction of sp³-hybridized carbons (Fsp3) is 0.857. The topological polar surface area (TPSA) is 60.2 Å². The Morgan fingerprint density at radius 2 is 2.37 bits per heavy atom. The first-order chi connectivity index (χ1) is 9.04. The highest BCUT2D eigenvalue weighted by atomic mass is 16.5. The van der Waals surface area contributed by atoms with Crippen LogP contribution in [0.1, 0.15) is 58.3 Å². The van der Waals surface area contributed by atoms with Crippen LogP contribution in [0.2, 0.25) is 0 Å². The summed E-state index contributed by atoms with van der Waals surface area (Å²) in [5, 5.41) is 15.0. The first-order valence-electron chi connectivity index (χ1n) is 7.26. The molecule has 2 atom stereocenters. The molecule has 1 fully saturated rings. The lowest BCUT2D eigenvalue weighted by Crippen LogP contribution is -2.43. The van der Waals surface area contributed by atoms with Gasteiger partial charge in [0, 0.05) is 31.9 Å². The van der Waals surface area contributed by atoms with Gasteiger partial charge in [0.1, 0.15) is 12.2 Å². The Labute approximate surface area is 115 Å². The molecule has 0 amide bonds. The lowest BCUT2D eigenvalue weighted by molar-refractivity contribution is -0.106. The van der Waals surface area contributed by atoms with E-state index in [1.54, 1.807) is 6.33 Å². The lowest BCUT2D eigenvalue weighted by atomic mass is 9.85. The second-order valence-electron chi connectivity index (χ2n) is 5.85. The maximum absolute atomic E-state index is 10.8. The molecule has 0 aliphatic carbocycles. The zero-order chi connectivity index (χ0) is 13.9. The van der Waals surface area contributed by atoms with Gasteiger partial charge in [-0.25, -0.2) is 9.67 Å². The van der Waals surface area contributed by atoms with E-state index in [9.17, 15) is 5.11 Å². The first-order valence-corrected chi connectivity index (χ1v) is 7.26. The number of hydrogen-bond donors (Lipinski definition) is 1. The van der Waals surface area contributed by atoms with Crippen LogP contribution in [-0.4, -0.2) is 38.2 Å². The second-order valence-corrected chi connectivity index (χ2v) is 5.85. The van der Waals surface area contributed by atoms with Gasteiger partial charge < -0.3 is 9.84 Å². The fourth-order valence-corrected chi connectivity index (χ4v) is 2.79. The van der Waals surface area contributed by atoms with Gasteiger partial charge in [-0.3, -0.25) is 0 Å². The Morgan fingerprint density at radius 3 is 3.05 bits per heavy atom. The van der Waals surface area contributed by atoms with Gasteiger partial charge in [-0.1, -0.05) is 13.3 Å². The van der Waals surface area contributed by atoms with Crippen LogP contribution in [0.5, 0.6) is 0 Å². The summed E-state index contributed by atoms with van der Waals surface area (Å²) in [6.07, 6.45) is 5.79. The third kappa shape index (κ3) is 3.54. The van der Waals surface area contributed by atoms with E-state index >= 15 is 0 Å². The van der Waals surface area contributed by atoms with Gasteiger partial charge in [-0.05, 0) is 20.3 Å². The Balaban J connectivity index is 2.05. The normalized spacial score (nSPS) is 27.9. The molecular weight excluding hydrogens is 242 g/mol. The van der Waals surface area contributed by atoms with E-state index in [1.807, 2.05) is 4.68 Å². The van der Waals surface area contributed by atoms with Crippen molar-refractivity contribution in [3.05, 3.63) is 12.2 Å². The van der Waals surface area contributed by atoms with E-state index in [0.717, 1.165) is 18.7 Å². The maximum Gasteiger partial charge on any atom is 0.138 e. The number of nitrogens with zero attached hydrogens (tertiary/aromatic N) is 3. The van der Waals surface area contributed by atoms with Crippen LogP contribution >= 0.6 is 0 Å². The first kappa shape index (κ1) is 14.5.